The second kappa shape index (κ2) is 7.54. The summed E-state index contributed by atoms with van der Waals surface area (Å²) in [6.45, 7) is 4.26. The number of benzene rings is 2. The monoisotopic (exact) mass is 417 g/mol. The predicted octanol–water partition coefficient (Wildman–Crippen LogP) is 6.13. The smallest absolute Gasteiger partial charge is 0.357 e. The first-order valence-corrected chi connectivity index (χ1v) is 9.14. The molecule has 0 amide bonds. The highest BCUT2D eigenvalue weighted by molar-refractivity contribution is 9.10. The third-order valence-corrected chi connectivity index (χ3v) is 4.72. The highest BCUT2D eigenvalue weighted by Gasteiger charge is 2.22. The maximum absolute atomic E-state index is 12.7. The molecule has 1 heterocycles. The van der Waals surface area contributed by atoms with Crippen molar-refractivity contribution in [3.63, 3.8) is 0 Å². The van der Waals surface area contributed by atoms with E-state index in [0.29, 0.717) is 5.15 Å². The number of halogens is 2. The first-order chi connectivity index (χ1) is 12.0. The molecule has 0 atom stereocenters. The van der Waals surface area contributed by atoms with Crippen LogP contribution in [-0.4, -0.2) is 11.0 Å². The molecule has 0 saturated heterocycles. The van der Waals surface area contributed by atoms with E-state index in [0.717, 1.165) is 26.4 Å². The molecule has 0 fully saturated rings. The third kappa shape index (κ3) is 3.86. The zero-order valence-corrected chi connectivity index (χ0v) is 16.3. The molecule has 0 aliphatic heterocycles. The molecule has 0 spiro atoms. The summed E-state index contributed by atoms with van der Waals surface area (Å²) in [4.78, 5) is 17.0. The number of ether oxygens (including phenoxy) is 1. The second-order valence-electron chi connectivity index (χ2n) is 6.07. The molecule has 0 unspecified atom stereocenters. The van der Waals surface area contributed by atoms with Gasteiger partial charge >= 0.3 is 5.97 Å². The van der Waals surface area contributed by atoms with Crippen LogP contribution in [-0.2, 0) is 11.3 Å². The van der Waals surface area contributed by atoms with Crippen LogP contribution in [0, 0.1) is 0 Å². The van der Waals surface area contributed by atoms with Crippen LogP contribution in [0.15, 0.2) is 53.0 Å². The number of nitrogens with zero attached hydrogens (tertiary/aromatic N) is 1. The van der Waals surface area contributed by atoms with Crippen molar-refractivity contribution in [1.29, 1.82) is 0 Å². The van der Waals surface area contributed by atoms with Crippen LogP contribution in [0.4, 0.5) is 0 Å². The van der Waals surface area contributed by atoms with Crippen LogP contribution in [0.1, 0.15) is 41.4 Å². The summed E-state index contributed by atoms with van der Waals surface area (Å²) in [6.07, 6.45) is 0. The molecule has 0 N–H and O–H groups in total. The lowest BCUT2D eigenvalue weighted by Gasteiger charge is -2.16. The number of carbonyl (C=O) groups excluding carboxylic acids is 1. The first kappa shape index (κ1) is 17.9. The SMILES string of the molecule is CC(C)c1c(C(=O)OCc2ccccc2)nc(Cl)c2ccc(Br)cc12. The zero-order chi connectivity index (χ0) is 18.0. The van der Waals surface area contributed by atoms with Crippen LogP contribution >= 0.6 is 27.5 Å². The van der Waals surface area contributed by atoms with E-state index in [4.69, 9.17) is 16.3 Å². The Labute approximate surface area is 160 Å². The lowest BCUT2D eigenvalue weighted by atomic mass is 9.95. The Hall–Kier alpha value is -1.91. The number of hydrogen-bond acceptors (Lipinski definition) is 3. The minimum atomic E-state index is -0.462. The topological polar surface area (TPSA) is 39.2 Å². The molecule has 3 nitrogen and oxygen atoms in total. The van der Waals surface area contributed by atoms with E-state index < -0.39 is 5.97 Å². The summed E-state index contributed by atoms with van der Waals surface area (Å²) >= 11 is 9.80. The average Bonchev–Trinajstić information content (AvgIpc) is 2.59. The van der Waals surface area contributed by atoms with Crippen molar-refractivity contribution >= 4 is 44.3 Å². The largest absolute Gasteiger partial charge is 0.456 e. The van der Waals surface area contributed by atoms with Gasteiger partial charge in [0.1, 0.15) is 11.8 Å². The van der Waals surface area contributed by atoms with Crippen molar-refractivity contribution in [1.82, 2.24) is 4.98 Å². The average molecular weight is 419 g/mol. The predicted molar refractivity (Wildman–Crippen MR) is 104 cm³/mol. The van der Waals surface area contributed by atoms with E-state index in [-0.39, 0.29) is 18.2 Å². The fourth-order valence-electron chi connectivity index (χ4n) is 2.80. The number of aromatic nitrogens is 1. The van der Waals surface area contributed by atoms with Crippen LogP contribution in [0.3, 0.4) is 0 Å². The van der Waals surface area contributed by atoms with Gasteiger partial charge in [-0.15, -0.1) is 0 Å². The second-order valence-corrected chi connectivity index (χ2v) is 7.34. The lowest BCUT2D eigenvalue weighted by molar-refractivity contribution is 0.0464. The van der Waals surface area contributed by atoms with Crippen molar-refractivity contribution in [3.8, 4) is 0 Å². The maximum atomic E-state index is 12.7. The first-order valence-electron chi connectivity index (χ1n) is 7.97. The maximum Gasteiger partial charge on any atom is 0.357 e. The summed E-state index contributed by atoms with van der Waals surface area (Å²) in [5.41, 5.74) is 2.05. The summed E-state index contributed by atoms with van der Waals surface area (Å²) in [6, 6.07) is 15.3. The number of rotatable bonds is 4. The summed E-state index contributed by atoms with van der Waals surface area (Å²) in [5, 5.41) is 2.04. The van der Waals surface area contributed by atoms with Crippen molar-refractivity contribution in [2.75, 3.05) is 0 Å². The Morgan fingerprint density at radius 1 is 1.16 bits per heavy atom. The van der Waals surface area contributed by atoms with E-state index in [1.807, 2.05) is 62.4 Å². The van der Waals surface area contributed by atoms with Gasteiger partial charge < -0.3 is 4.74 Å². The normalized spacial score (nSPS) is 11.1. The van der Waals surface area contributed by atoms with Crippen LogP contribution in [0.5, 0.6) is 0 Å². The number of hydrogen-bond donors (Lipinski definition) is 0. The number of esters is 1. The van der Waals surface area contributed by atoms with Gasteiger partial charge in [-0.3, -0.25) is 0 Å². The fraction of sp³-hybridized carbons (Fsp3) is 0.200. The standard InChI is InChI=1S/C20H17BrClNO2/c1-12(2)17-16-10-14(21)8-9-15(16)19(22)23-18(17)20(24)25-11-13-6-4-3-5-7-13/h3-10,12H,11H2,1-2H3. The number of pyridine rings is 1. The number of carbonyl (C=O) groups is 1. The Morgan fingerprint density at radius 3 is 2.56 bits per heavy atom. The van der Waals surface area contributed by atoms with Gasteiger partial charge in [0.05, 0.1) is 0 Å². The van der Waals surface area contributed by atoms with E-state index in [2.05, 4.69) is 20.9 Å². The molecule has 0 radical (unpaired) electrons. The molecule has 5 heteroatoms. The van der Waals surface area contributed by atoms with Gasteiger partial charge in [-0.2, -0.15) is 0 Å². The molecule has 0 bridgehead atoms. The highest BCUT2D eigenvalue weighted by Crippen LogP contribution is 2.34. The Morgan fingerprint density at radius 2 is 1.88 bits per heavy atom. The Balaban J connectivity index is 2.02. The van der Waals surface area contributed by atoms with E-state index >= 15 is 0 Å². The Bertz CT molecular complexity index is 926. The van der Waals surface area contributed by atoms with Crippen molar-refractivity contribution in [2.45, 2.75) is 26.4 Å². The van der Waals surface area contributed by atoms with E-state index in [1.165, 1.54) is 0 Å². The van der Waals surface area contributed by atoms with Gasteiger partial charge in [0.2, 0.25) is 0 Å². The third-order valence-electron chi connectivity index (χ3n) is 3.94. The van der Waals surface area contributed by atoms with Gasteiger partial charge in [0, 0.05) is 9.86 Å². The molecule has 3 rings (SSSR count). The Kier molecular flexibility index (Phi) is 5.40. The minimum absolute atomic E-state index is 0.0980. The van der Waals surface area contributed by atoms with Gasteiger partial charge in [0.25, 0.3) is 0 Å². The fourth-order valence-corrected chi connectivity index (χ4v) is 3.41. The zero-order valence-electron chi connectivity index (χ0n) is 13.9. The van der Waals surface area contributed by atoms with Crippen molar-refractivity contribution < 1.29 is 9.53 Å². The quantitative estimate of drug-likeness (QED) is 0.378. The summed E-state index contributed by atoms with van der Waals surface area (Å²) in [7, 11) is 0. The molecule has 0 aliphatic rings. The van der Waals surface area contributed by atoms with E-state index in [1.54, 1.807) is 0 Å². The minimum Gasteiger partial charge on any atom is -0.456 e. The van der Waals surface area contributed by atoms with E-state index in [9.17, 15) is 4.79 Å². The van der Waals surface area contributed by atoms with Crippen molar-refractivity contribution in [2.24, 2.45) is 0 Å². The van der Waals surface area contributed by atoms with Crippen LogP contribution < -0.4 is 0 Å². The summed E-state index contributed by atoms with van der Waals surface area (Å²) < 4.78 is 6.39. The van der Waals surface area contributed by atoms with Gasteiger partial charge in [-0.1, -0.05) is 77.8 Å². The molecular weight excluding hydrogens is 402 g/mol. The van der Waals surface area contributed by atoms with Gasteiger partial charge in [-0.25, -0.2) is 9.78 Å². The van der Waals surface area contributed by atoms with Gasteiger partial charge in [0.15, 0.2) is 5.69 Å². The highest BCUT2D eigenvalue weighted by atomic mass is 79.9. The number of fused-ring (bicyclic) bond motifs is 1. The molecule has 0 saturated carbocycles. The molecule has 3 aromatic rings. The molecule has 25 heavy (non-hydrogen) atoms. The lowest BCUT2D eigenvalue weighted by Crippen LogP contribution is -2.13. The van der Waals surface area contributed by atoms with Crippen molar-refractivity contribution in [3.05, 3.63) is 75.0 Å². The van der Waals surface area contributed by atoms with Crippen LogP contribution in [0.25, 0.3) is 10.8 Å². The molecular formula is C20H17BrClNO2. The molecule has 0 aliphatic carbocycles. The van der Waals surface area contributed by atoms with Crippen LogP contribution in [0.2, 0.25) is 5.15 Å². The molecule has 128 valence electrons. The molecule has 1 aromatic heterocycles. The summed E-state index contributed by atoms with van der Waals surface area (Å²) in [5.74, 6) is -0.364. The molecule has 2 aromatic carbocycles. The van der Waals surface area contributed by atoms with Gasteiger partial charge in [-0.05, 0) is 34.6 Å².